The monoisotopic (exact) mass is 177 g/mol. The molecule has 0 aliphatic rings. The molecule has 0 spiro atoms. The zero-order chi connectivity index (χ0) is 9.42. The van der Waals surface area contributed by atoms with Crippen LogP contribution in [0, 0.1) is 13.8 Å². The van der Waals surface area contributed by atoms with Crippen molar-refractivity contribution in [3.05, 3.63) is 29.3 Å². The highest BCUT2D eigenvalue weighted by molar-refractivity contribution is 5.34. The smallest absolute Gasteiger partial charge is 0.234 e. The largest absolute Gasteiger partial charge is 0.390 e. The average molecular weight is 177 g/mol. The van der Waals surface area contributed by atoms with Gasteiger partial charge in [0.05, 0.1) is 12.3 Å². The van der Waals surface area contributed by atoms with Crippen molar-refractivity contribution in [2.24, 2.45) is 0 Å². The summed E-state index contributed by atoms with van der Waals surface area (Å²) in [7, 11) is 0. The van der Waals surface area contributed by atoms with Gasteiger partial charge >= 0.3 is 0 Å². The van der Waals surface area contributed by atoms with Crippen molar-refractivity contribution in [3.63, 3.8) is 0 Å². The standard InChI is InChI=1S/C9H11N3O/c1-6-3-7(2)12-4-8(5-13)11-9(12)10-6/h3-4,13H,5H2,1-2H3. The van der Waals surface area contributed by atoms with Crippen LogP contribution in [-0.2, 0) is 6.61 Å². The summed E-state index contributed by atoms with van der Waals surface area (Å²) in [5.74, 6) is 0.654. The lowest BCUT2D eigenvalue weighted by atomic mass is 10.3. The minimum atomic E-state index is -0.0398. The molecule has 4 heteroatoms. The molecular formula is C9H11N3O. The Morgan fingerprint density at radius 1 is 1.38 bits per heavy atom. The Kier molecular flexibility index (Phi) is 1.77. The van der Waals surface area contributed by atoms with Crippen LogP contribution in [0.3, 0.4) is 0 Å². The highest BCUT2D eigenvalue weighted by Gasteiger charge is 2.03. The molecule has 1 N–H and O–H groups in total. The number of aromatic nitrogens is 3. The molecule has 0 bridgehead atoms. The molecule has 0 saturated heterocycles. The topological polar surface area (TPSA) is 50.4 Å². The summed E-state index contributed by atoms with van der Waals surface area (Å²) < 4.78 is 1.87. The van der Waals surface area contributed by atoms with Crippen LogP contribution in [0.25, 0.3) is 5.78 Å². The first-order chi connectivity index (χ1) is 6.20. The number of hydrogen-bond acceptors (Lipinski definition) is 3. The molecule has 0 radical (unpaired) electrons. The highest BCUT2D eigenvalue weighted by Crippen LogP contribution is 2.07. The van der Waals surface area contributed by atoms with E-state index in [9.17, 15) is 0 Å². The van der Waals surface area contributed by atoms with Gasteiger partial charge in [-0.15, -0.1) is 0 Å². The van der Waals surface area contributed by atoms with Crippen molar-refractivity contribution in [3.8, 4) is 0 Å². The molecule has 0 aromatic carbocycles. The molecule has 0 unspecified atom stereocenters. The number of rotatable bonds is 1. The van der Waals surface area contributed by atoms with Crippen LogP contribution in [0.4, 0.5) is 0 Å². The lowest BCUT2D eigenvalue weighted by Gasteiger charge is -1.98. The third-order valence-corrected chi connectivity index (χ3v) is 1.97. The second-order valence-corrected chi connectivity index (χ2v) is 3.10. The molecule has 0 amide bonds. The van der Waals surface area contributed by atoms with Crippen molar-refractivity contribution >= 4 is 5.78 Å². The maximum absolute atomic E-state index is 8.90. The second kappa shape index (κ2) is 2.81. The normalized spacial score (nSPS) is 11.0. The Hall–Kier alpha value is -1.42. The Labute approximate surface area is 75.9 Å². The first-order valence-electron chi connectivity index (χ1n) is 4.14. The molecule has 0 atom stereocenters. The van der Waals surface area contributed by atoms with E-state index in [2.05, 4.69) is 9.97 Å². The van der Waals surface area contributed by atoms with Crippen LogP contribution < -0.4 is 0 Å². The van der Waals surface area contributed by atoms with Crippen molar-refractivity contribution in [2.45, 2.75) is 20.5 Å². The van der Waals surface area contributed by atoms with Gasteiger partial charge in [0.2, 0.25) is 5.78 Å². The van der Waals surface area contributed by atoms with Gasteiger partial charge in [-0.25, -0.2) is 9.97 Å². The van der Waals surface area contributed by atoms with E-state index in [0.717, 1.165) is 11.4 Å². The lowest BCUT2D eigenvalue weighted by molar-refractivity contribution is 0.277. The third-order valence-electron chi connectivity index (χ3n) is 1.97. The Balaban J connectivity index is 2.75. The molecule has 2 aromatic rings. The van der Waals surface area contributed by atoms with E-state index in [1.165, 1.54) is 0 Å². The van der Waals surface area contributed by atoms with Crippen LogP contribution in [0.15, 0.2) is 12.3 Å². The van der Waals surface area contributed by atoms with E-state index >= 15 is 0 Å². The van der Waals surface area contributed by atoms with Crippen LogP contribution in [0.1, 0.15) is 17.1 Å². The summed E-state index contributed by atoms with van der Waals surface area (Å²) >= 11 is 0. The van der Waals surface area contributed by atoms with E-state index in [0.29, 0.717) is 11.5 Å². The SMILES string of the molecule is Cc1cc(C)n2cc(CO)nc2n1. The Morgan fingerprint density at radius 3 is 2.85 bits per heavy atom. The zero-order valence-corrected chi connectivity index (χ0v) is 7.65. The fourth-order valence-electron chi connectivity index (χ4n) is 1.39. The van der Waals surface area contributed by atoms with Crippen molar-refractivity contribution in [1.82, 2.24) is 14.4 Å². The molecule has 2 aromatic heterocycles. The molecule has 68 valence electrons. The fourth-order valence-corrected chi connectivity index (χ4v) is 1.39. The number of fused-ring (bicyclic) bond motifs is 1. The molecule has 0 aliphatic heterocycles. The van der Waals surface area contributed by atoms with Gasteiger partial charge in [-0.1, -0.05) is 0 Å². The minimum absolute atomic E-state index is 0.0398. The summed E-state index contributed by atoms with van der Waals surface area (Å²) in [5.41, 5.74) is 2.68. The van der Waals surface area contributed by atoms with Gasteiger partial charge in [-0.3, -0.25) is 4.40 Å². The molecule has 13 heavy (non-hydrogen) atoms. The van der Waals surface area contributed by atoms with Gasteiger partial charge in [0, 0.05) is 17.6 Å². The van der Waals surface area contributed by atoms with Gasteiger partial charge in [0.15, 0.2) is 0 Å². The Bertz CT molecular complexity index is 447. The summed E-state index contributed by atoms with van der Waals surface area (Å²) in [6.07, 6.45) is 1.80. The molecule has 0 saturated carbocycles. The van der Waals surface area contributed by atoms with E-state index in [1.54, 1.807) is 6.20 Å². The molecular weight excluding hydrogens is 166 g/mol. The predicted molar refractivity (Wildman–Crippen MR) is 48.4 cm³/mol. The summed E-state index contributed by atoms with van der Waals surface area (Å²) in [4.78, 5) is 8.40. The molecule has 0 aliphatic carbocycles. The lowest BCUT2D eigenvalue weighted by Crippen LogP contribution is -1.94. The molecule has 2 heterocycles. The molecule has 4 nitrogen and oxygen atoms in total. The van der Waals surface area contributed by atoms with Crippen LogP contribution >= 0.6 is 0 Å². The van der Waals surface area contributed by atoms with Gasteiger partial charge in [0.1, 0.15) is 0 Å². The first kappa shape index (κ1) is 8.19. The fraction of sp³-hybridized carbons (Fsp3) is 0.333. The van der Waals surface area contributed by atoms with Gasteiger partial charge in [-0.2, -0.15) is 0 Å². The number of hydrogen-bond donors (Lipinski definition) is 1. The minimum Gasteiger partial charge on any atom is -0.390 e. The van der Waals surface area contributed by atoms with Gasteiger partial charge < -0.3 is 5.11 Å². The van der Waals surface area contributed by atoms with Gasteiger partial charge in [-0.05, 0) is 19.9 Å². The molecule has 2 rings (SSSR count). The van der Waals surface area contributed by atoms with Crippen molar-refractivity contribution < 1.29 is 5.11 Å². The van der Waals surface area contributed by atoms with Crippen molar-refractivity contribution in [1.29, 1.82) is 0 Å². The average Bonchev–Trinajstić information content (AvgIpc) is 2.47. The summed E-state index contributed by atoms with van der Waals surface area (Å²) in [6.45, 7) is 3.88. The maximum atomic E-state index is 8.90. The second-order valence-electron chi connectivity index (χ2n) is 3.10. The summed E-state index contributed by atoms with van der Waals surface area (Å²) in [5, 5.41) is 8.90. The zero-order valence-electron chi connectivity index (χ0n) is 7.65. The number of aliphatic hydroxyl groups is 1. The third kappa shape index (κ3) is 1.29. The quantitative estimate of drug-likeness (QED) is 0.702. The van der Waals surface area contributed by atoms with Gasteiger partial charge in [0.25, 0.3) is 0 Å². The summed E-state index contributed by atoms with van der Waals surface area (Å²) in [6, 6.07) is 1.98. The van der Waals surface area contributed by atoms with Crippen LogP contribution in [-0.4, -0.2) is 19.5 Å². The molecule has 0 fully saturated rings. The van der Waals surface area contributed by atoms with Crippen LogP contribution in [0.2, 0.25) is 0 Å². The predicted octanol–water partition coefficient (Wildman–Crippen LogP) is 0.838. The Morgan fingerprint density at radius 2 is 2.15 bits per heavy atom. The number of aryl methyl sites for hydroxylation is 2. The van der Waals surface area contributed by atoms with E-state index in [4.69, 9.17) is 5.11 Å². The van der Waals surface area contributed by atoms with E-state index < -0.39 is 0 Å². The maximum Gasteiger partial charge on any atom is 0.234 e. The van der Waals surface area contributed by atoms with E-state index in [-0.39, 0.29) is 6.61 Å². The first-order valence-corrected chi connectivity index (χ1v) is 4.14. The number of aliphatic hydroxyl groups excluding tert-OH is 1. The van der Waals surface area contributed by atoms with Crippen LogP contribution in [0.5, 0.6) is 0 Å². The number of imidazole rings is 1. The van der Waals surface area contributed by atoms with E-state index in [1.807, 2.05) is 24.3 Å². The highest BCUT2D eigenvalue weighted by atomic mass is 16.3. The number of nitrogens with zero attached hydrogens (tertiary/aromatic N) is 3. The van der Waals surface area contributed by atoms with Crippen molar-refractivity contribution in [2.75, 3.05) is 0 Å².